The number of methoxy groups -OCH3 is 1. The summed E-state index contributed by atoms with van der Waals surface area (Å²) in [6.45, 7) is 8.22. The number of hydrogen-bond donors (Lipinski definition) is 1. The lowest BCUT2D eigenvalue weighted by atomic mass is 9.92. The Kier molecular flexibility index (Phi) is 9.16. The molecule has 1 aromatic heterocycles. The van der Waals surface area contributed by atoms with Gasteiger partial charge in [-0.15, -0.1) is 0 Å². The maximum Gasteiger partial charge on any atom is 0.309 e. The van der Waals surface area contributed by atoms with Gasteiger partial charge in [-0.25, -0.2) is 9.37 Å². The number of rotatable bonds is 9. The molecule has 2 aromatic carbocycles. The summed E-state index contributed by atoms with van der Waals surface area (Å²) < 4.78 is 32.8. The van der Waals surface area contributed by atoms with E-state index in [2.05, 4.69) is 11.0 Å². The van der Waals surface area contributed by atoms with Gasteiger partial charge in [-0.05, 0) is 73.1 Å². The van der Waals surface area contributed by atoms with E-state index in [1.807, 2.05) is 55.1 Å². The number of benzene rings is 2. The standard InChI is InChI=1S/C35H42FN3O5/c1-22-6-4-7-27(30-8-5-9-32(37-30)39-18-23(2)33(35(40)41)31(39)21-42-3)34(22)44-20-24-16-25-10-13-38(19-28(25)29(36)17-24)26-11-14-43-15-12-26/h4-9,16-17,23,26,31,33H,10-15,18-21H2,1-3H3,(H,40,41)/t23-,31+,33+/m0/s1. The summed E-state index contributed by atoms with van der Waals surface area (Å²) in [6.07, 6.45) is 2.84. The van der Waals surface area contributed by atoms with Crippen molar-refractivity contribution in [1.29, 1.82) is 0 Å². The Labute approximate surface area is 258 Å². The van der Waals surface area contributed by atoms with Gasteiger partial charge in [0.15, 0.2) is 0 Å². The molecule has 0 unspecified atom stereocenters. The number of carboxylic acids is 1. The van der Waals surface area contributed by atoms with Crippen molar-refractivity contribution in [1.82, 2.24) is 9.88 Å². The van der Waals surface area contributed by atoms with Gasteiger partial charge in [0.1, 0.15) is 24.0 Å². The van der Waals surface area contributed by atoms with Crippen molar-refractivity contribution < 1.29 is 28.5 Å². The highest BCUT2D eigenvalue weighted by Crippen LogP contribution is 2.37. The summed E-state index contributed by atoms with van der Waals surface area (Å²) in [5.41, 5.74) is 5.20. The number of carboxylic acid groups (broad SMARTS) is 1. The van der Waals surface area contributed by atoms with Gasteiger partial charge in [0.2, 0.25) is 0 Å². The number of para-hydroxylation sites is 1. The number of fused-ring (bicyclic) bond motifs is 1. The average molecular weight is 604 g/mol. The van der Waals surface area contributed by atoms with E-state index in [-0.39, 0.29) is 24.4 Å². The molecule has 0 bridgehead atoms. The van der Waals surface area contributed by atoms with Crippen LogP contribution < -0.4 is 9.64 Å². The molecule has 2 fully saturated rings. The van der Waals surface area contributed by atoms with Gasteiger partial charge >= 0.3 is 5.97 Å². The molecule has 234 valence electrons. The smallest absolute Gasteiger partial charge is 0.309 e. The average Bonchev–Trinajstić information content (AvgIpc) is 3.36. The third kappa shape index (κ3) is 6.18. The SMILES string of the molecule is COC[C@@H]1[C@H](C(=O)O)[C@@H](C)CN1c1cccc(-c2cccc(C)c2OCc2cc(F)c3c(c2)CCN(C2CCOCC2)C3)n1. The van der Waals surface area contributed by atoms with Crippen molar-refractivity contribution in [3.63, 3.8) is 0 Å². The van der Waals surface area contributed by atoms with Crippen LogP contribution in [0.4, 0.5) is 10.2 Å². The Morgan fingerprint density at radius 1 is 1.16 bits per heavy atom. The fourth-order valence-corrected chi connectivity index (χ4v) is 7.25. The predicted octanol–water partition coefficient (Wildman–Crippen LogP) is 5.48. The molecule has 3 atom stereocenters. The van der Waals surface area contributed by atoms with Crippen molar-refractivity contribution in [3.8, 4) is 17.0 Å². The summed E-state index contributed by atoms with van der Waals surface area (Å²) in [5, 5.41) is 9.90. The summed E-state index contributed by atoms with van der Waals surface area (Å²) in [4.78, 5) is 21.5. The van der Waals surface area contributed by atoms with Crippen LogP contribution in [0.3, 0.4) is 0 Å². The first-order valence-corrected chi connectivity index (χ1v) is 15.6. The van der Waals surface area contributed by atoms with Crippen molar-refractivity contribution >= 4 is 11.8 Å². The molecule has 0 spiro atoms. The van der Waals surface area contributed by atoms with Crippen molar-refractivity contribution in [2.24, 2.45) is 11.8 Å². The molecule has 0 saturated carbocycles. The van der Waals surface area contributed by atoms with Crippen LogP contribution >= 0.6 is 0 Å². The van der Waals surface area contributed by atoms with E-state index in [1.54, 1.807) is 13.2 Å². The number of aliphatic carboxylic acids is 1. The van der Waals surface area contributed by atoms with E-state index in [0.29, 0.717) is 37.3 Å². The van der Waals surface area contributed by atoms with Gasteiger partial charge in [0.05, 0.1) is 24.3 Å². The van der Waals surface area contributed by atoms with Gasteiger partial charge in [0.25, 0.3) is 0 Å². The normalized spacial score (nSPS) is 22.6. The lowest BCUT2D eigenvalue weighted by molar-refractivity contribution is -0.143. The Morgan fingerprint density at radius 2 is 1.95 bits per heavy atom. The van der Waals surface area contributed by atoms with Gasteiger partial charge < -0.3 is 24.2 Å². The molecule has 1 N–H and O–H groups in total. The summed E-state index contributed by atoms with van der Waals surface area (Å²) in [7, 11) is 1.59. The number of aryl methyl sites for hydroxylation is 1. The zero-order chi connectivity index (χ0) is 30.8. The topological polar surface area (TPSA) is 84.4 Å². The van der Waals surface area contributed by atoms with Gasteiger partial charge in [-0.1, -0.05) is 31.2 Å². The first-order chi connectivity index (χ1) is 21.3. The molecular formula is C35H42FN3O5. The highest BCUT2D eigenvalue weighted by atomic mass is 19.1. The third-order valence-electron chi connectivity index (χ3n) is 9.52. The largest absolute Gasteiger partial charge is 0.488 e. The van der Waals surface area contributed by atoms with Crippen molar-refractivity contribution in [2.45, 2.75) is 58.3 Å². The maximum absolute atomic E-state index is 15.4. The lowest BCUT2D eigenvalue weighted by Crippen LogP contribution is -2.42. The molecule has 0 aliphatic carbocycles. The molecule has 44 heavy (non-hydrogen) atoms. The molecular weight excluding hydrogens is 561 g/mol. The van der Waals surface area contributed by atoms with Gasteiger partial charge in [0, 0.05) is 57.1 Å². The fraction of sp³-hybridized carbons (Fsp3) is 0.486. The van der Waals surface area contributed by atoms with Gasteiger partial charge in [-0.2, -0.15) is 0 Å². The molecule has 9 heteroatoms. The maximum atomic E-state index is 15.4. The van der Waals surface area contributed by atoms with E-state index in [4.69, 9.17) is 19.2 Å². The fourth-order valence-electron chi connectivity index (χ4n) is 7.25. The highest BCUT2D eigenvalue weighted by Gasteiger charge is 2.44. The van der Waals surface area contributed by atoms with Crippen LogP contribution in [0.2, 0.25) is 0 Å². The molecule has 8 nitrogen and oxygen atoms in total. The van der Waals surface area contributed by atoms with Crippen LogP contribution in [0.25, 0.3) is 11.3 Å². The predicted molar refractivity (Wildman–Crippen MR) is 166 cm³/mol. The first kappa shape index (κ1) is 30.5. The van der Waals surface area contributed by atoms with Crippen LogP contribution in [0.1, 0.15) is 42.0 Å². The molecule has 2 saturated heterocycles. The molecule has 0 radical (unpaired) electrons. The quantitative estimate of drug-likeness (QED) is 0.344. The number of anilines is 1. The van der Waals surface area contributed by atoms with Crippen molar-refractivity contribution in [2.75, 3.05) is 44.9 Å². The minimum Gasteiger partial charge on any atom is -0.488 e. The second-order valence-electron chi connectivity index (χ2n) is 12.4. The number of hydrogen-bond acceptors (Lipinski definition) is 7. The summed E-state index contributed by atoms with van der Waals surface area (Å²) in [6, 6.07) is 15.6. The Balaban J connectivity index is 1.21. The van der Waals surface area contributed by atoms with E-state index < -0.39 is 11.9 Å². The minimum atomic E-state index is -0.817. The third-order valence-corrected chi connectivity index (χ3v) is 9.52. The van der Waals surface area contributed by atoms with Crippen LogP contribution in [0, 0.1) is 24.6 Å². The molecule has 3 aliphatic rings. The van der Waals surface area contributed by atoms with Crippen LogP contribution in [-0.2, 0) is 33.8 Å². The molecule has 6 rings (SSSR count). The molecule has 3 aliphatic heterocycles. The van der Waals surface area contributed by atoms with E-state index in [9.17, 15) is 9.90 Å². The van der Waals surface area contributed by atoms with E-state index >= 15 is 4.39 Å². The molecule has 0 amide bonds. The number of carbonyl (C=O) groups is 1. The second kappa shape index (κ2) is 13.2. The van der Waals surface area contributed by atoms with Crippen molar-refractivity contribution in [3.05, 3.63) is 76.6 Å². The summed E-state index contributed by atoms with van der Waals surface area (Å²) in [5.74, 6) is -0.157. The van der Waals surface area contributed by atoms with Crippen LogP contribution in [0.5, 0.6) is 5.75 Å². The monoisotopic (exact) mass is 603 g/mol. The Morgan fingerprint density at radius 3 is 2.73 bits per heavy atom. The number of halogens is 1. The van der Waals surface area contributed by atoms with Crippen LogP contribution in [0.15, 0.2) is 48.5 Å². The second-order valence-corrected chi connectivity index (χ2v) is 12.4. The Hall–Kier alpha value is -3.53. The first-order valence-electron chi connectivity index (χ1n) is 15.6. The summed E-state index contributed by atoms with van der Waals surface area (Å²) >= 11 is 0. The van der Waals surface area contributed by atoms with E-state index in [1.165, 1.54) is 0 Å². The lowest BCUT2D eigenvalue weighted by Gasteiger charge is -2.37. The molecule has 3 aromatic rings. The zero-order valence-corrected chi connectivity index (χ0v) is 25.8. The van der Waals surface area contributed by atoms with Crippen LogP contribution in [-0.4, -0.2) is 73.1 Å². The number of ether oxygens (including phenoxy) is 3. The molecule has 4 heterocycles. The van der Waals surface area contributed by atoms with Gasteiger partial charge in [-0.3, -0.25) is 9.69 Å². The minimum absolute atomic E-state index is 0.0436. The van der Waals surface area contributed by atoms with E-state index in [0.717, 1.165) is 72.5 Å². The number of pyridine rings is 1. The Bertz CT molecular complexity index is 1490. The zero-order valence-electron chi connectivity index (χ0n) is 25.8. The highest BCUT2D eigenvalue weighted by molar-refractivity contribution is 5.74. The number of aromatic nitrogens is 1. The number of nitrogens with zero attached hydrogens (tertiary/aromatic N) is 3.